The van der Waals surface area contributed by atoms with Crippen molar-refractivity contribution in [3.05, 3.63) is 64.8 Å². The van der Waals surface area contributed by atoms with Crippen molar-refractivity contribution in [3.63, 3.8) is 0 Å². The van der Waals surface area contributed by atoms with E-state index >= 15 is 0 Å². The highest BCUT2D eigenvalue weighted by molar-refractivity contribution is 9.10. The normalized spacial score (nSPS) is 10.2. The molecular formula is C16H9BrN2O. The van der Waals surface area contributed by atoms with Gasteiger partial charge < -0.3 is 4.74 Å². The molecule has 0 radical (unpaired) electrons. The number of aromatic nitrogens is 1. The molecule has 0 fully saturated rings. The van der Waals surface area contributed by atoms with Crippen LogP contribution in [-0.2, 0) is 0 Å². The lowest BCUT2D eigenvalue weighted by molar-refractivity contribution is 0.478. The standard InChI is InChI=1S/C16H9BrN2O/c17-14-7-11(9-18)5-6-16(14)20-13-8-12-3-1-2-4-15(12)19-10-13/h1-8,10H. The van der Waals surface area contributed by atoms with Crippen LogP contribution in [0.5, 0.6) is 11.5 Å². The van der Waals surface area contributed by atoms with Gasteiger partial charge in [0.25, 0.3) is 0 Å². The Balaban J connectivity index is 1.95. The number of para-hydroxylation sites is 1. The van der Waals surface area contributed by atoms with Crippen molar-refractivity contribution >= 4 is 26.8 Å². The number of benzene rings is 2. The van der Waals surface area contributed by atoms with E-state index in [1.807, 2.05) is 30.3 Å². The Morgan fingerprint density at radius 3 is 2.75 bits per heavy atom. The highest BCUT2D eigenvalue weighted by atomic mass is 79.9. The second-order valence-electron chi connectivity index (χ2n) is 4.22. The largest absolute Gasteiger partial charge is 0.455 e. The smallest absolute Gasteiger partial charge is 0.146 e. The second-order valence-corrected chi connectivity index (χ2v) is 5.08. The van der Waals surface area contributed by atoms with Crippen LogP contribution in [0.3, 0.4) is 0 Å². The molecule has 3 rings (SSSR count). The molecule has 0 aliphatic rings. The van der Waals surface area contributed by atoms with Gasteiger partial charge in [0, 0.05) is 5.39 Å². The molecule has 0 N–H and O–H groups in total. The molecular weight excluding hydrogens is 316 g/mol. The van der Waals surface area contributed by atoms with Crippen molar-refractivity contribution in [3.8, 4) is 17.6 Å². The van der Waals surface area contributed by atoms with E-state index < -0.39 is 0 Å². The van der Waals surface area contributed by atoms with Crippen molar-refractivity contribution in [2.75, 3.05) is 0 Å². The van der Waals surface area contributed by atoms with Gasteiger partial charge in [-0.05, 0) is 46.3 Å². The van der Waals surface area contributed by atoms with E-state index in [1.54, 1.807) is 24.4 Å². The molecule has 4 heteroatoms. The van der Waals surface area contributed by atoms with Gasteiger partial charge >= 0.3 is 0 Å². The summed E-state index contributed by atoms with van der Waals surface area (Å²) in [6.07, 6.45) is 1.69. The van der Waals surface area contributed by atoms with Gasteiger partial charge in [-0.1, -0.05) is 18.2 Å². The molecule has 20 heavy (non-hydrogen) atoms. The Hall–Kier alpha value is -2.38. The van der Waals surface area contributed by atoms with Crippen LogP contribution in [-0.4, -0.2) is 4.98 Å². The van der Waals surface area contributed by atoms with E-state index in [9.17, 15) is 0 Å². The summed E-state index contributed by atoms with van der Waals surface area (Å²) in [6, 6.07) is 17.1. The number of hydrogen-bond donors (Lipinski definition) is 0. The van der Waals surface area contributed by atoms with Gasteiger partial charge in [-0.15, -0.1) is 0 Å². The van der Waals surface area contributed by atoms with E-state index in [0.29, 0.717) is 17.1 Å². The highest BCUT2D eigenvalue weighted by Gasteiger charge is 2.05. The van der Waals surface area contributed by atoms with Gasteiger partial charge in [0.15, 0.2) is 0 Å². The monoisotopic (exact) mass is 324 g/mol. The lowest BCUT2D eigenvalue weighted by Crippen LogP contribution is -1.88. The van der Waals surface area contributed by atoms with E-state index in [1.165, 1.54) is 0 Å². The van der Waals surface area contributed by atoms with Gasteiger partial charge in [-0.2, -0.15) is 5.26 Å². The van der Waals surface area contributed by atoms with Crippen LogP contribution in [0.2, 0.25) is 0 Å². The van der Waals surface area contributed by atoms with Gasteiger partial charge in [-0.25, -0.2) is 0 Å². The first-order chi connectivity index (χ1) is 9.76. The molecule has 0 unspecified atom stereocenters. The molecule has 1 aromatic heterocycles. The van der Waals surface area contributed by atoms with Crippen molar-refractivity contribution in [1.29, 1.82) is 5.26 Å². The Bertz CT molecular complexity index is 824. The molecule has 96 valence electrons. The maximum absolute atomic E-state index is 8.84. The molecule has 0 saturated carbocycles. The van der Waals surface area contributed by atoms with Crippen molar-refractivity contribution in [2.45, 2.75) is 0 Å². The third-order valence-corrected chi connectivity index (χ3v) is 3.47. The zero-order valence-corrected chi connectivity index (χ0v) is 12.0. The molecule has 1 heterocycles. The van der Waals surface area contributed by atoms with Gasteiger partial charge in [-0.3, -0.25) is 4.98 Å². The fourth-order valence-corrected chi connectivity index (χ4v) is 2.35. The average Bonchev–Trinajstić information content (AvgIpc) is 2.49. The molecule has 2 aromatic carbocycles. The third kappa shape index (κ3) is 2.49. The van der Waals surface area contributed by atoms with Crippen molar-refractivity contribution < 1.29 is 4.74 Å². The molecule has 0 saturated heterocycles. The predicted molar refractivity (Wildman–Crippen MR) is 80.7 cm³/mol. The number of rotatable bonds is 2. The zero-order chi connectivity index (χ0) is 13.9. The lowest BCUT2D eigenvalue weighted by atomic mass is 10.2. The Labute approximate surface area is 124 Å². The maximum atomic E-state index is 8.84. The molecule has 0 aliphatic heterocycles. The number of nitrogens with zero attached hydrogens (tertiary/aromatic N) is 2. The molecule has 0 amide bonds. The first kappa shape index (κ1) is 12.6. The third-order valence-electron chi connectivity index (χ3n) is 2.85. The fourth-order valence-electron chi connectivity index (χ4n) is 1.89. The van der Waals surface area contributed by atoms with E-state index in [4.69, 9.17) is 10.00 Å². The quantitative estimate of drug-likeness (QED) is 0.688. The summed E-state index contributed by atoms with van der Waals surface area (Å²) >= 11 is 3.40. The van der Waals surface area contributed by atoms with Gasteiger partial charge in [0.1, 0.15) is 11.5 Å². The zero-order valence-electron chi connectivity index (χ0n) is 10.4. The number of ether oxygens (including phenoxy) is 1. The van der Waals surface area contributed by atoms with E-state index in [2.05, 4.69) is 27.0 Å². The van der Waals surface area contributed by atoms with Crippen LogP contribution in [0, 0.1) is 11.3 Å². The van der Waals surface area contributed by atoms with Crippen LogP contribution in [0.25, 0.3) is 10.9 Å². The molecule has 0 aliphatic carbocycles. The summed E-state index contributed by atoms with van der Waals surface area (Å²) in [5.74, 6) is 1.31. The van der Waals surface area contributed by atoms with E-state index in [-0.39, 0.29) is 0 Å². The molecule has 0 bridgehead atoms. The summed E-state index contributed by atoms with van der Waals surface area (Å²) < 4.78 is 6.54. The van der Waals surface area contributed by atoms with Crippen LogP contribution < -0.4 is 4.74 Å². The average molecular weight is 325 g/mol. The topological polar surface area (TPSA) is 45.9 Å². The number of hydrogen-bond acceptors (Lipinski definition) is 3. The summed E-state index contributed by atoms with van der Waals surface area (Å²) in [5.41, 5.74) is 1.51. The van der Waals surface area contributed by atoms with Crippen LogP contribution in [0.4, 0.5) is 0 Å². The Morgan fingerprint density at radius 2 is 1.95 bits per heavy atom. The predicted octanol–water partition coefficient (Wildman–Crippen LogP) is 4.66. The molecule has 3 nitrogen and oxygen atoms in total. The summed E-state index contributed by atoms with van der Waals surface area (Å²) in [7, 11) is 0. The second kappa shape index (κ2) is 5.32. The van der Waals surface area contributed by atoms with Crippen molar-refractivity contribution in [2.24, 2.45) is 0 Å². The maximum Gasteiger partial charge on any atom is 0.146 e. The molecule has 0 atom stereocenters. The van der Waals surface area contributed by atoms with Crippen LogP contribution in [0.15, 0.2) is 59.2 Å². The summed E-state index contributed by atoms with van der Waals surface area (Å²) in [4.78, 5) is 4.35. The number of nitriles is 1. The minimum Gasteiger partial charge on any atom is -0.455 e. The SMILES string of the molecule is N#Cc1ccc(Oc2cnc3ccccc3c2)c(Br)c1. The number of fused-ring (bicyclic) bond motifs is 1. The van der Waals surface area contributed by atoms with Crippen LogP contribution >= 0.6 is 15.9 Å². The fraction of sp³-hybridized carbons (Fsp3) is 0. The Kier molecular flexibility index (Phi) is 3.36. The minimum absolute atomic E-state index is 0.584. The van der Waals surface area contributed by atoms with Crippen molar-refractivity contribution in [1.82, 2.24) is 4.98 Å². The lowest BCUT2D eigenvalue weighted by Gasteiger charge is -2.08. The molecule has 3 aromatic rings. The first-order valence-electron chi connectivity index (χ1n) is 5.98. The van der Waals surface area contributed by atoms with E-state index in [0.717, 1.165) is 15.4 Å². The summed E-state index contributed by atoms with van der Waals surface area (Å²) in [5, 5.41) is 9.86. The summed E-state index contributed by atoms with van der Waals surface area (Å²) in [6.45, 7) is 0. The molecule has 0 spiro atoms. The first-order valence-corrected chi connectivity index (χ1v) is 6.78. The number of halogens is 1. The number of pyridine rings is 1. The minimum atomic E-state index is 0.584. The van der Waals surface area contributed by atoms with Crippen LogP contribution in [0.1, 0.15) is 5.56 Å². The van der Waals surface area contributed by atoms with Gasteiger partial charge in [0.2, 0.25) is 0 Å². The highest BCUT2D eigenvalue weighted by Crippen LogP contribution is 2.31. The van der Waals surface area contributed by atoms with Gasteiger partial charge in [0.05, 0.1) is 27.8 Å². The Morgan fingerprint density at radius 1 is 1.10 bits per heavy atom.